The third-order valence-corrected chi connectivity index (χ3v) is 4.83. The standard InChI is InChI=1S/C17H26BrNO/c1-13-4-3-5-14(10-13)8-9-19-12-15-11-16(18)6-7-17(15)20-2/h6-7,11,13-14,19H,3-5,8-10,12H2,1-2H3. The van der Waals surface area contributed by atoms with Crippen LogP contribution in [0.5, 0.6) is 5.75 Å². The Kier molecular flexibility index (Phi) is 6.37. The normalized spacial score (nSPS) is 22.8. The van der Waals surface area contributed by atoms with Gasteiger partial charge < -0.3 is 10.1 Å². The predicted octanol–water partition coefficient (Wildman–Crippen LogP) is 4.76. The summed E-state index contributed by atoms with van der Waals surface area (Å²) in [7, 11) is 1.73. The molecular weight excluding hydrogens is 314 g/mol. The Morgan fingerprint density at radius 1 is 1.35 bits per heavy atom. The molecule has 1 aromatic carbocycles. The van der Waals surface area contributed by atoms with E-state index < -0.39 is 0 Å². The van der Waals surface area contributed by atoms with Crippen LogP contribution >= 0.6 is 15.9 Å². The summed E-state index contributed by atoms with van der Waals surface area (Å²) < 4.78 is 6.51. The highest BCUT2D eigenvalue weighted by molar-refractivity contribution is 9.10. The van der Waals surface area contributed by atoms with Gasteiger partial charge in [-0.15, -0.1) is 0 Å². The van der Waals surface area contributed by atoms with Crippen molar-refractivity contribution in [3.63, 3.8) is 0 Å². The molecule has 3 heteroatoms. The molecule has 1 fully saturated rings. The molecule has 2 unspecified atom stereocenters. The summed E-state index contributed by atoms with van der Waals surface area (Å²) in [5.74, 6) is 2.82. The van der Waals surface area contributed by atoms with Gasteiger partial charge in [-0.3, -0.25) is 0 Å². The van der Waals surface area contributed by atoms with Crippen LogP contribution < -0.4 is 10.1 Å². The quantitative estimate of drug-likeness (QED) is 0.754. The van der Waals surface area contributed by atoms with E-state index in [4.69, 9.17) is 4.74 Å². The first-order valence-electron chi connectivity index (χ1n) is 7.72. The van der Waals surface area contributed by atoms with Gasteiger partial charge in [0.1, 0.15) is 5.75 Å². The summed E-state index contributed by atoms with van der Waals surface area (Å²) in [5, 5.41) is 3.56. The summed E-state index contributed by atoms with van der Waals surface area (Å²) in [5.41, 5.74) is 1.22. The Morgan fingerprint density at radius 3 is 2.95 bits per heavy atom. The molecule has 0 saturated heterocycles. The molecule has 1 aromatic rings. The molecule has 1 aliphatic rings. The van der Waals surface area contributed by atoms with Crippen LogP contribution in [0.4, 0.5) is 0 Å². The van der Waals surface area contributed by atoms with Gasteiger partial charge in [-0.1, -0.05) is 42.1 Å². The molecule has 0 heterocycles. The Labute approximate surface area is 131 Å². The van der Waals surface area contributed by atoms with Gasteiger partial charge in [0.2, 0.25) is 0 Å². The second-order valence-electron chi connectivity index (χ2n) is 6.06. The maximum atomic E-state index is 5.40. The van der Waals surface area contributed by atoms with E-state index in [-0.39, 0.29) is 0 Å². The number of nitrogens with one attached hydrogen (secondary N) is 1. The molecule has 2 rings (SSSR count). The third-order valence-electron chi connectivity index (χ3n) is 4.33. The summed E-state index contributed by atoms with van der Waals surface area (Å²) in [6.07, 6.45) is 7.00. The van der Waals surface area contributed by atoms with Crippen molar-refractivity contribution in [1.82, 2.24) is 5.32 Å². The van der Waals surface area contributed by atoms with E-state index in [0.29, 0.717) is 0 Å². The van der Waals surface area contributed by atoms with Gasteiger partial charge >= 0.3 is 0 Å². The first-order valence-corrected chi connectivity index (χ1v) is 8.51. The zero-order valence-corrected chi connectivity index (χ0v) is 14.2. The lowest BCUT2D eigenvalue weighted by Crippen LogP contribution is -2.21. The topological polar surface area (TPSA) is 21.3 Å². The van der Waals surface area contributed by atoms with E-state index in [9.17, 15) is 0 Å². The number of methoxy groups -OCH3 is 1. The van der Waals surface area contributed by atoms with E-state index in [2.05, 4.69) is 34.2 Å². The van der Waals surface area contributed by atoms with Gasteiger partial charge in [-0.25, -0.2) is 0 Å². The van der Waals surface area contributed by atoms with Crippen LogP contribution in [0.15, 0.2) is 22.7 Å². The van der Waals surface area contributed by atoms with Crippen LogP contribution in [-0.4, -0.2) is 13.7 Å². The van der Waals surface area contributed by atoms with Crippen LogP contribution in [0.25, 0.3) is 0 Å². The summed E-state index contributed by atoms with van der Waals surface area (Å²) in [4.78, 5) is 0. The van der Waals surface area contributed by atoms with Crippen LogP contribution in [0.1, 0.15) is 44.6 Å². The second-order valence-corrected chi connectivity index (χ2v) is 6.98. The molecule has 0 radical (unpaired) electrons. The predicted molar refractivity (Wildman–Crippen MR) is 88.1 cm³/mol. The lowest BCUT2D eigenvalue weighted by Gasteiger charge is -2.26. The minimum Gasteiger partial charge on any atom is -0.496 e. The molecule has 0 spiro atoms. The van der Waals surface area contributed by atoms with Crippen molar-refractivity contribution in [2.45, 2.75) is 45.6 Å². The number of halogens is 1. The largest absolute Gasteiger partial charge is 0.496 e. The minimum absolute atomic E-state index is 0.880. The van der Waals surface area contributed by atoms with Crippen molar-refractivity contribution in [2.24, 2.45) is 11.8 Å². The van der Waals surface area contributed by atoms with Crippen LogP contribution in [0, 0.1) is 11.8 Å². The lowest BCUT2D eigenvalue weighted by atomic mass is 9.81. The van der Waals surface area contributed by atoms with E-state index in [0.717, 1.165) is 35.1 Å². The fourth-order valence-corrected chi connectivity index (χ4v) is 3.64. The van der Waals surface area contributed by atoms with Gasteiger partial charge in [0, 0.05) is 16.6 Å². The molecule has 112 valence electrons. The average Bonchev–Trinajstić information content (AvgIpc) is 2.44. The molecular formula is C17H26BrNO. The van der Waals surface area contributed by atoms with Gasteiger partial charge in [0.15, 0.2) is 0 Å². The maximum absolute atomic E-state index is 5.40. The molecule has 0 bridgehead atoms. The molecule has 2 atom stereocenters. The fraction of sp³-hybridized carbons (Fsp3) is 0.647. The van der Waals surface area contributed by atoms with E-state index in [1.165, 1.54) is 37.7 Å². The van der Waals surface area contributed by atoms with Crippen molar-refractivity contribution >= 4 is 15.9 Å². The maximum Gasteiger partial charge on any atom is 0.123 e. The number of benzene rings is 1. The molecule has 1 N–H and O–H groups in total. The van der Waals surface area contributed by atoms with Crippen molar-refractivity contribution in [2.75, 3.05) is 13.7 Å². The number of rotatable bonds is 6. The molecule has 20 heavy (non-hydrogen) atoms. The highest BCUT2D eigenvalue weighted by atomic mass is 79.9. The van der Waals surface area contributed by atoms with E-state index in [1.807, 2.05) is 12.1 Å². The highest BCUT2D eigenvalue weighted by Crippen LogP contribution is 2.30. The minimum atomic E-state index is 0.880. The van der Waals surface area contributed by atoms with Gasteiger partial charge in [0.05, 0.1) is 7.11 Å². The van der Waals surface area contributed by atoms with Crippen LogP contribution in [0.2, 0.25) is 0 Å². The number of hydrogen-bond acceptors (Lipinski definition) is 2. The molecule has 2 nitrogen and oxygen atoms in total. The summed E-state index contributed by atoms with van der Waals surface area (Å²) in [6, 6.07) is 6.17. The first kappa shape index (κ1) is 15.8. The second kappa shape index (κ2) is 8.04. The zero-order chi connectivity index (χ0) is 14.4. The van der Waals surface area contributed by atoms with Crippen molar-refractivity contribution in [1.29, 1.82) is 0 Å². The van der Waals surface area contributed by atoms with Gasteiger partial charge in [-0.2, -0.15) is 0 Å². The Balaban J connectivity index is 1.74. The Bertz CT molecular complexity index is 421. The monoisotopic (exact) mass is 339 g/mol. The number of ether oxygens (including phenoxy) is 1. The van der Waals surface area contributed by atoms with Gasteiger partial charge in [-0.05, 0) is 49.4 Å². The number of hydrogen-bond donors (Lipinski definition) is 1. The molecule has 1 saturated carbocycles. The molecule has 1 aliphatic carbocycles. The first-order chi connectivity index (χ1) is 9.69. The SMILES string of the molecule is COc1ccc(Br)cc1CNCCC1CCCC(C)C1. The zero-order valence-electron chi connectivity index (χ0n) is 12.6. The Morgan fingerprint density at radius 2 is 2.20 bits per heavy atom. The van der Waals surface area contributed by atoms with Crippen molar-refractivity contribution in [3.05, 3.63) is 28.2 Å². The molecule has 0 aliphatic heterocycles. The van der Waals surface area contributed by atoms with E-state index >= 15 is 0 Å². The summed E-state index contributed by atoms with van der Waals surface area (Å²) in [6.45, 7) is 4.38. The fourth-order valence-electron chi connectivity index (χ4n) is 3.24. The molecule has 0 aromatic heterocycles. The smallest absolute Gasteiger partial charge is 0.123 e. The Hall–Kier alpha value is -0.540. The highest BCUT2D eigenvalue weighted by Gasteiger charge is 2.18. The average molecular weight is 340 g/mol. The van der Waals surface area contributed by atoms with Gasteiger partial charge in [0.25, 0.3) is 0 Å². The molecule has 0 amide bonds. The van der Waals surface area contributed by atoms with Crippen molar-refractivity contribution < 1.29 is 4.74 Å². The summed E-state index contributed by atoms with van der Waals surface area (Å²) >= 11 is 3.52. The van der Waals surface area contributed by atoms with Crippen molar-refractivity contribution in [3.8, 4) is 5.75 Å². The van der Waals surface area contributed by atoms with Crippen LogP contribution in [-0.2, 0) is 6.54 Å². The van der Waals surface area contributed by atoms with Crippen LogP contribution in [0.3, 0.4) is 0 Å². The lowest BCUT2D eigenvalue weighted by molar-refractivity contribution is 0.267. The third kappa shape index (κ3) is 4.78. The van der Waals surface area contributed by atoms with E-state index in [1.54, 1.807) is 7.11 Å².